The third-order valence-electron chi connectivity index (χ3n) is 4.97. The lowest BCUT2D eigenvalue weighted by Gasteiger charge is -2.25. The quantitative estimate of drug-likeness (QED) is 0.446. The Balaban J connectivity index is 1.60. The highest BCUT2D eigenvalue weighted by Crippen LogP contribution is 2.22. The van der Waals surface area contributed by atoms with Crippen molar-refractivity contribution < 1.29 is 22.7 Å². The summed E-state index contributed by atoms with van der Waals surface area (Å²) in [6.07, 6.45) is 2.82. The molecule has 1 aliphatic heterocycles. The summed E-state index contributed by atoms with van der Waals surface area (Å²) in [5.41, 5.74) is 0.910. The molecule has 1 saturated heterocycles. The van der Waals surface area contributed by atoms with Gasteiger partial charge in [0, 0.05) is 25.9 Å². The van der Waals surface area contributed by atoms with Gasteiger partial charge in [-0.1, -0.05) is 18.6 Å². The number of sulfonamides is 1. The Hall–Kier alpha value is -2.53. The maximum Gasteiger partial charge on any atom is 0.261 e. The number of hydrogen-bond donors (Lipinski definition) is 2. The first-order chi connectivity index (χ1) is 15.4. The second kappa shape index (κ2) is 11.4. The van der Waals surface area contributed by atoms with Crippen LogP contribution in [0.1, 0.15) is 29.6 Å². The van der Waals surface area contributed by atoms with E-state index in [2.05, 4.69) is 10.6 Å². The number of para-hydroxylation sites is 1. The van der Waals surface area contributed by atoms with Crippen molar-refractivity contribution in [2.75, 3.05) is 38.7 Å². The Morgan fingerprint density at radius 1 is 1.03 bits per heavy atom. The molecule has 10 heteroatoms. The van der Waals surface area contributed by atoms with Gasteiger partial charge >= 0.3 is 0 Å². The predicted octanol–water partition coefficient (Wildman–Crippen LogP) is 3.01. The summed E-state index contributed by atoms with van der Waals surface area (Å²) in [5, 5.41) is 5.61. The lowest BCUT2D eigenvalue weighted by Crippen LogP contribution is -2.35. The second-order valence-electron chi connectivity index (χ2n) is 7.23. The first-order valence-corrected chi connectivity index (χ1v) is 12.2. The molecule has 0 aliphatic carbocycles. The highest BCUT2D eigenvalue weighted by Gasteiger charge is 2.25. The van der Waals surface area contributed by atoms with Gasteiger partial charge < -0.3 is 14.8 Å². The molecule has 0 spiro atoms. The van der Waals surface area contributed by atoms with Crippen molar-refractivity contribution >= 4 is 38.9 Å². The summed E-state index contributed by atoms with van der Waals surface area (Å²) >= 11 is 5.24. The van der Waals surface area contributed by atoms with Gasteiger partial charge in [0.25, 0.3) is 5.91 Å². The van der Waals surface area contributed by atoms with Crippen LogP contribution in [0.3, 0.4) is 0 Å². The molecule has 32 heavy (non-hydrogen) atoms. The Morgan fingerprint density at radius 3 is 2.41 bits per heavy atom. The Kier molecular flexibility index (Phi) is 8.57. The SMILES string of the molecule is COCCOc1ccccc1C(=O)NC(=S)Nc1ccc(S(=O)(=O)N2CCCCC2)cc1. The molecule has 3 rings (SSSR count). The number of carbonyl (C=O) groups is 1. The maximum atomic E-state index is 12.8. The number of amides is 1. The highest BCUT2D eigenvalue weighted by molar-refractivity contribution is 7.89. The summed E-state index contributed by atoms with van der Waals surface area (Å²) < 4.78 is 37.6. The van der Waals surface area contributed by atoms with Crippen LogP contribution < -0.4 is 15.4 Å². The molecule has 1 aliphatic rings. The smallest absolute Gasteiger partial charge is 0.261 e. The van der Waals surface area contributed by atoms with Crippen LogP contribution in [0.4, 0.5) is 5.69 Å². The van der Waals surface area contributed by atoms with E-state index in [1.165, 1.54) is 16.4 Å². The fourth-order valence-electron chi connectivity index (χ4n) is 3.31. The molecule has 1 heterocycles. The van der Waals surface area contributed by atoms with Gasteiger partial charge in [0.1, 0.15) is 12.4 Å². The van der Waals surface area contributed by atoms with E-state index < -0.39 is 15.9 Å². The minimum atomic E-state index is -3.50. The molecule has 1 fully saturated rings. The van der Waals surface area contributed by atoms with E-state index in [0.29, 0.717) is 43.3 Å². The normalized spacial score (nSPS) is 14.5. The number of thiocarbonyl (C=S) groups is 1. The zero-order valence-electron chi connectivity index (χ0n) is 17.9. The standard InChI is InChI=1S/C22H27N3O5S2/c1-29-15-16-30-20-8-4-3-7-19(20)21(26)24-22(31)23-17-9-11-18(12-10-17)32(27,28)25-13-5-2-6-14-25/h3-4,7-12H,2,5-6,13-16H2,1H3,(H2,23,24,26,31). The molecular weight excluding hydrogens is 450 g/mol. The number of benzene rings is 2. The number of anilines is 1. The van der Waals surface area contributed by atoms with E-state index in [1.807, 2.05) is 0 Å². The largest absolute Gasteiger partial charge is 0.490 e. The molecule has 0 saturated carbocycles. The van der Waals surface area contributed by atoms with E-state index in [1.54, 1.807) is 43.5 Å². The lowest BCUT2D eigenvalue weighted by atomic mass is 10.2. The Labute approximate surface area is 193 Å². The van der Waals surface area contributed by atoms with Gasteiger partial charge in [0.05, 0.1) is 17.1 Å². The van der Waals surface area contributed by atoms with Crippen molar-refractivity contribution in [3.05, 3.63) is 54.1 Å². The summed E-state index contributed by atoms with van der Waals surface area (Å²) in [6.45, 7) is 1.82. The summed E-state index contributed by atoms with van der Waals surface area (Å²) in [5.74, 6) is 0.0111. The van der Waals surface area contributed by atoms with E-state index in [4.69, 9.17) is 21.7 Å². The number of ether oxygens (including phenoxy) is 2. The fourth-order valence-corrected chi connectivity index (χ4v) is 5.04. The van der Waals surface area contributed by atoms with Gasteiger partial charge in [-0.15, -0.1) is 0 Å². The van der Waals surface area contributed by atoms with Crippen LogP contribution in [0.2, 0.25) is 0 Å². The number of nitrogens with zero attached hydrogens (tertiary/aromatic N) is 1. The first-order valence-electron chi connectivity index (χ1n) is 10.3. The number of carbonyl (C=O) groups excluding carboxylic acids is 1. The Bertz CT molecular complexity index is 1040. The summed E-state index contributed by atoms with van der Waals surface area (Å²) in [7, 11) is -1.93. The molecular formula is C22H27N3O5S2. The molecule has 0 unspecified atom stereocenters. The molecule has 2 aromatic rings. The van der Waals surface area contributed by atoms with Gasteiger partial charge in [-0.2, -0.15) is 4.31 Å². The average Bonchev–Trinajstić information content (AvgIpc) is 2.80. The van der Waals surface area contributed by atoms with Gasteiger partial charge in [0.2, 0.25) is 10.0 Å². The number of methoxy groups -OCH3 is 1. The van der Waals surface area contributed by atoms with Crippen LogP contribution in [0.5, 0.6) is 5.75 Å². The van der Waals surface area contributed by atoms with E-state index in [9.17, 15) is 13.2 Å². The molecule has 172 valence electrons. The van der Waals surface area contributed by atoms with Crippen molar-refractivity contribution in [3.8, 4) is 5.75 Å². The molecule has 0 radical (unpaired) electrons. The van der Waals surface area contributed by atoms with E-state index in [0.717, 1.165) is 19.3 Å². The monoisotopic (exact) mass is 477 g/mol. The lowest BCUT2D eigenvalue weighted by molar-refractivity contribution is 0.0970. The molecule has 8 nitrogen and oxygen atoms in total. The Morgan fingerprint density at radius 2 is 1.72 bits per heavy atom. The van der Waals surface area contributed by atoms with Crippen molar-refractivity contribution in [3.63, 3.8) is 0 Å². The number of rotatable bonds is 8. The molecule has 1 amide bonds. The minimum absolute atomic E-state index is 0.0910. The third kappa shape index (κ3) is 6.26. The maximum absolute atomic E-state index is 12.8. The molecule has 2 aromatic carbocycles. The topological polar surface area (TPSA) is 97.0 Å². The van der Waals surface area contributed by atoms with Gasteiger partial charge in [-0.25, -0.2) is 8.42 Å². The first kappa shape index (κ1) is 24.1. The van der Waals surface area contributed by atoms with Crippen LogP contribution in [0.15, 0.2) is 53.4 Å². The second-order valence-corrected chi connectivity index (χ2v) is 9.58. The van der Waals surface area contributed by atoms with Crippen molar-refractivity contribution in [2.45, 2.75) is 24.2 Å². The van der Waals surface area contributed by atoms with Crippen LogP contribution in [-0.4, -0.2) is 57.2 Å². The molecule has 2 N–H and O–H groups in total. The van der Waals surface area contributed by atoms with Crippen LogP contribution in [0, 0.1) is 0 Å². The van der Waals surface area contributed by atoms with Crippen molar-refractivity contribution in [2.24, 2.45) is 0 Å². The minimum Gasteiger partial charge on any atom is -0.490 e. The predicted molar refractivity (Wildman–Crippen MR) is 127 cm³/mol. The zero-order valence-corrected chi connectivity index (χ0v) is 19.5. The van der Waals surface area contributed by atoms with E-state index in [-0.39, 0.29) is 10.0 Å². The fraction of sp³-hybridized carbons (Fsp3) is 0.364. The van der Waals surface area contributed by atoms with Gasteiger partial charge in [-0.3, -0.25) is 10.1 Å². The third-order valence-corrected chi connectivity index (χ3v) is 7.09. The highest BCUT2D eigenvalue weighted by atomic mass is 32.2. The zero-order chi connectivity index (χ0) is 23.0. The van der Waals surface area contributed by atoms with Crippen LogP contribution in [-0.2, 0) is 14.8 Å². The number of piperidine rings is 1. The number of hydrogen-bond acceptors (Lipinski definition) is 6. The summed E-state index contributed by atoms with van der Waals surface area (Å²) in [6, 6.07) is 13.2. The van der Waals surface area contributed by atoms with E-state index >= 15 is 0 Å². The molecule has 0 bridgehead atoms. The summed E-state index contributed by atoms with van der Waals surface area (Å²) in [4.78, 5) is 12.9. The van der Waals surface area contributed by atoms with Gasteiger partial charge in [0.15, 0.2) is 5.11 Å². The van der Waals surface area contributed by atoms with Crippen LogP contribution >= 0.6 is 12.2 Å². The van der Waals surface area contributed by atoms with Crippen LogP contribution in [0.25, 0.3) is 0 Å². The molecule has 0 aromatic heterocycles. The molecule has 0 atom stereocenters. The average molecular weight is 478 g/mol. The number of nitrogens with one attached hydrogen (secondary N) is 2. The van der Waals surface area contributed by atoms with Crippen molar-refractivity contribution in [1.82, 2.24) is 9.62 Å². The van der Waals surface area contributed by atoms with Crippen molar-refractivity contribution in [1.29, 1.82) is 0 Å². The van der Waals surface area contributed by atoms with Gasteiger partial charge in [-0.05, 0) is 61.5 Å².